The van der Waals surface area contributed by atoms with Crippen LogP contribution >= 0.6 is 22.9 Å². The molecule has 2 aromatic heterocycles. The summed E-state index contributed by atoms with van der Waals surface area (Å²) < 4.78 is 1.65. The highest BCUT2D eigenvalue weighted by Gasteiger charge is 2.19. The van der Waals surface area contributed by atoms with Gasteiger partial charge in [-0.1, -0.05) is 22.9 Å². The third kappa shape index (κ3) is 3.40. The lowest BCUT2D eigenvalue weighted by molar-refractivity contribution is 0.101. The Morgan fingerprint density at radius 3 is 2.31 bits per heavy atom. The molecule has 134 valence electrons. The molecule has 0 unspecified atom stereocenters. The largest absolute Gasteiger partial charge is 0.321 e. The van der Waals surface area contributed by atoms with Gasteiger partial charge in [0.25, 0.3) is 5.91 Å². The van der Waals surface area contributed by atoms with E-state index in [9.17, 15) is 9.59 Å². The van der Waals surface area contributed by atoms with Gasteiger partial charge in [0.05, 0.1) is 22.1 Å². The second kappa shape index (κ2) is 7.01. The van der Waals surface area contributed by atoms with Crippen LogP contribution in [0.4, 0.5) is 5.69 Å². The third-order valence-electron chi connectivity index (χ3n) is 3.93. The molecular weight excluding hydrogens is 372 g/mol. The Bertz CT molecular complexity index is 1010. The molecule has 0 aliphatic rings. The highest BCUT2D eigenvalue weighted by atomic mass is 35.5. The van der Waals surface area contributed by atoms with Gasteiger partial charge in [-0.15, -0.1) is 0 Å². The lowest BCUT2D eigenvalue weighted by atomic mass is 10.1. The number of aryl methyl sites for hydroxylation is 2. The molecule has 3 rings (SSSR count). The van der Waals surface area contributed by atoms with E-state index < -0.39 is 0 Å². The lowest BCUT2D eigenvalue weighted by Gasteiger charge is -2.04. The van der Waals surface area contributed by atoms with Crippen molar-refractivity contribution >= 4 is 40.3 Å². The fraction of sp³-hybridized carbons (Fsp3) is 0.222. The molecule has 0 saturated carbocycles. The van der Waals surface area contributed by atoms with Gasteiger partial charge < -0.3 is 5.32 Å². The van der Waals surface area contributed by atoms with Crippen LogP contribution in [-0.4, -0.2) is 26.5 Å². The number of halogens is 1. The van der Waals surface area contributed by atoms with Crippen molar-refractivity contribution in [2.45, 2.75) is 27.7 Å². The van der Waals surface area contributed by atoms with E-state index in [-0.39, 0.29) is 11.7 Å². The first-order chi connectivity index (χ1) is 12.3. The minimum Gasteiger partial charge on any atom is -0.321 e. The highest BCUT2D eigenvalue weighted by molar-refractivity contribution is 7.16. The maximum Gasteiger partial charge on any atom is 0.267 e. The number of thiazole rings is 1. The van der Waals surface area contributed by atoms with E-state index in [0.29, 0.717) is 37.7 Å². The molecule has 0 aliphatic heterocycles. The van der Waals surface area contributed by atoms with Crippen LogP contribution in [0.3, 0.4) is 0 Å². The predicted octanol–water partition coefficient (Wildman–Crippen LogP) is 4.36. The monoisotopic (exact) mass is 388 g/mol. The molecule has 0 aliphatic carbocycles. The Hall–Kier alpha value is -2.51. The number of benzene rings is 1. The zero-order chi connectivity index (χ0) is 19.0. The smallest absolute Gasteiger partial charge is 0.267 e. The van der Waals surface area contributed by atoms with Crippen molar-refractivity contribution in [2.24, 2.45) is 0 Å². The number of amides is 1. The number of aromatic nitrogens is 3. The van der Waals surface area contributed by atoms with Gasteiger partial charge in [-0.25, -0.2) is 9.67 Å². The average Bonchev–Trinajstić information content (AvgIpc) is 3.10. The van der Waals surface area contributed by atoms with Gasteiger partial charge in [0, 0.05) is 11.3 Å². The molecule has 3 aromatic rings. The Labute approximate surface area is 159 Å². The van der Waals surface area contributed by atoms with Crippen LogP contribution in [0.2, 0.25) is 5.02 Å². The Kier molecular flexibility index (Phi) is 4.93. The SMILES string of the molecule is CC(=O)c1ccc(NC(=O)c2sc(-n3nc(C)c(Cl)c3C)nc2C)cc1. The maximum atomic E-state index is 12.6. The van der Waals surface area contributed by atoms with Crippen LogP contribution in [0.25, 0.3) is 5.13 Å². The van der Waals surface area contributed by atoms with Gasteiger partial charge in [-0.3, -0.25) is 9.59 Å². The van der Waals surface area contributed by atoms with Crippen LogP contribution in [0.5, 0.6) is 0 Å². The average molecular weight is 389 g/mol. The van der Waals surface area contributed by atoms with Gasteiger partial charge in [0.2, 0.25) is 5.13 Å². The second-order valence-electron chi connectivity index (χ2n) is 5.90. The van der Waals surface area contributed by atoms with Gasteiger partial charge in [-0.05, 0) is 52.0 Å². The molecule has 1 aromatic carbocycles. The fourth-order valence-corrected chi connectivity index (χ4v) is 3.55. The van der Waals surface area contributed by atoms with Gasteiger partial charge in [-0.2, -0.15) is 5.10 Å². The third-order valence-corrected chi connectivity index (χ3v) is 5.60. The summed E-state index contributed by atoms with van der Waals surface area (Å²) in [6, 6.07) is 6.76. The minimum absolute atomic E-state index is 0.0191. The quantitative estimate of drug-likeness (QED) is 0.673. The molecule has 1 amide bonds. The molecule has 8 heteroatoms. The molecule has 26 heavy (non-hydrogen) atoms. The zero-order valence-electron chi connectivity index (χ0n) is 14.8. The van der Waals surface area contributed by atoms with Crippen LogP contribution in [0, 0.1) is 20.8 Å². The van der Waals surface area contributed by atoms with E-state index in [2.05, 4.69) is 15.4 Å². The number of nitrogens with one attached hydrogen (secondary N) is 1. The number of ketones is 1. The highest BCUT2D eigenvalue weighted by Crippen LogP contribution is 2.27. The zero-order valence-corrected chi connectivity index (χ0v) is 16.3. The van der Waals surface area contributed by atoms with E-state index in [4.69, 9.17) is 11.6 Å². The van der Waals surface area contributed by atoms with Gasteiger partial charge in [0.15, 0.2) is 5.78 Å². The minimum atomic E-state index is -0.255. The Balaban J connectivity index is 1.85. The summed E-state index contributed by atoms with van der Waals surface area (Å²) in [6.45, 7) is 6.96. The molecule has 0 atom stereocenters. The molecule has 2 heterocycles. The second-order valence-corrected chi connectivity index (χ2v) is 7.25. The molecular formula is C18H17ClN4O2S. The van der Waals surface area contributed by atoms with Crippen LogP contribution in [-0.2, 0) is 0 Å². The van der Waals surface area contributed by atoms with Crippen molar-refractivity contribution in [2.75, 3.05) is 5.32 Å². The number of nitrogens with zero attached hydrogens (tertiary/aromatic N) is 3. The Morgan fingerprint density at radius 1 is 1.12 bits per heavy atom. The molecule has 0 spiro atoms. The van der Waals surface area contributed by atoms with E-state index in [1.807, 2.05) is 13.8 Å². The Morgan fingerprint density at radius 2 is 1.77 bits per heavy atom. The molecule has 1 N–H and O–H groups in total. The molecule has 0 fully saturated rings. The molecule has 0 saturated heterocycles. The number of anilines is 1. The van der Waals surface area contributed by atoms with E-state index in [1.165, 1.54) is 18.3 Å². The summed E-state index contributed by atoms with van der Waals surface area (Å²) >= 11 is 7.44. The van der Waals surface area contributed by atoms with Crippen molar-refractivity contribution in [3.8, 4) is 5.13 Å². The topological polar surface area (TPSA) is 76.9 Å². The van der Waals surface area contributed by atoms with Crippen molar-refractivity contribution in [1.82, 2.24) is 14.8 Å². The summed E-state index contributed by atoms with van der Waals surface area (Å²) in [4.78, 5) is 28.9. The van der Waals surface area contributed by atoms with Crippen molar-refractivity contribution in [1.29, 1.82) is 0 Å². The number of rotatable bonds is 4. The van der Waals surface area contributed by atoms with Crippen LogP contribution < -0.4 is 5.32 Å². The van der Waals surface area contributed by atoms with E-state index >= 15 is 0 Å². The summed E-state index contributed by atoms with van der Waals surface area (Å²) in [5.41, 5.74) is 3.33. The van der Waals surface area contributed by atoms with Gasteiger partial charge >= 0.3 is 0 Å². The van der Waals surface area contributed by atoms with E-state index in [0.717, 1.165) is 5.69 Å². The lowest BCUT2D eigenvalue weighted by Crippen LogP contribution is -2.11. The standard InChI is InChI=1S/C18H17ClN4O2S/c1-9-15(19)11(3)23(22-9)18-20-10(2)16(26-18)17(25)21-14-7-5-13(6-8-14)12(4)24/h5-8H,1-4H3,(H,21,25). The molecule has 0 radical (unpaired) electrons. The summed E-state index contributed by atoms with van der Waals surface area (Å²) in [5, 5.41) is 8.38. The summed E-state index contributed by atoms with van der Waals surface area (Å²) in [6.07, 6.45) is 0. The number of Topliss-reactive ketones (excluding diaryl/α,β-unsaturated/α-hetero) is 1. The number of carbonyl (C=O) groups excluding carboxylic acids is 2. The van der Waals surface area contributed by atoms with Crippen LogP contribution in [0.1, 0.15) is 44.0 Å². The van der Waals surface area contributed by atoms with Crippen molar-refractivity contribution < 1.29 is 9.59 Å². The number of hydrogen-bond donors (Lipinski definition) is 1. The molecule has 0 bridgehead atoms. The first kappa shape index (κ1) is 18.3. The van der Waals surface area contributed by atoms with Crippen molar-refractivity contribution in [3.05, 3.63) is 56.8 Å². The predicted molar refractivity (Wildman–Crippen MR) is 103 cm³/mol. The van der Waals surface area contributed by atoms with Crippen molar-refractivity contribution in [3.63, 3.8) is 0 Å². The van der Waals surface area contributed by atoms with Crippen LogP contribution in [0.15, 0.2) is 24.3 Å². The first-order valence-electron chi connectivity index (χ1n) is 7.89. The van der Waals surface area contributed by atoms with E-state index in [1.54, 1.807) is 35.9 Å². The summed E-state index contributed by atoms with van der Waals surface area (Å²) in [7, 11) is 0. The number of carbonyl (C=O) groups is 2. The number of hydrogen-bond acceptors (Lipinski definition) is 5. The summed E-state index contributed by atoms with van der Waals surface area (Å²) in [5.74, 6) is -0.274. The fourth-order valence-electron chi connectivity index (χ4n) is 2.47. The first-order valence-corrected chi connectivity index (χ1v) is 9.09. The molecule has 6 nitrogen and oxygen atoms in total. The maximum absolute atomic E-state index is 12.6. The normalized spacial score (nSPS) is 10.8. The van der Waals surface area contributed by atoms with Gasteiger partial charge in [0.1, 0.15) is 4.88 Å².